The summed E-state index contributed by atoms with van der Waals surface area (Å²) >= 11 is 0. The van der Waals surface area contributed by atoms with Crippen LogP contribution in [0.15, 0.2) is 23.8 Å². The van der Waals surface area contributed by atoms with Gasteiger partial charge in [0.15, 0.2) is 6.10 Å². The predicted octanol–water partition coefficient (Wildman–Crippen LogP) is 2.01. The van der Waals surface area contributed by atoms with Gasteiger partial charge in [-0.3, -0.25) is 0 Å². The van der Waals surface area contributed by atoms with Crippen LogP contribution in [0.2, 0.25) is 0 Å². The highest BCUT2D eigenvalue weighted by Crippen LogP contribution is 2.02. The molecule has 0 unspecified atom stereocenters. The molecule has 0 aliphatic carbocycles. The second-order valence-corrected chi connectivity index (χ2v) is 3.92. The van der Waals surface area contributed by atoms with Gasteiger partial charge in [-0.2, -0.15) is 0 Å². The fourth-order valence-corrected chi connectivity index (χ4v) is 0.989. The van der Waals surface area contributed by atoms with Gasteiger partial charge in [-0.25, -0.2) is 9.59 Å². The summed E-state index contributed by atoms with van der Waals surface area (Å²) in [5.41, 5.74) is 0.537. The molecular weight excluding hydrogens is 280 g/mol. The van der Waals surface area contributed by atoms with Crippen LogP contribution in [-0.2, 0) is 19.1 Å². The lowest BCUT2D eigenvalue weighted by Crippen LogP contribution is -2.16. The van der Waals surface area contributed by atoms with E-state index in [1.54, 1.807) is 19.9 Å². The minimum Gasteiger partial charge on any atom is -0.466 e. The monoisotopic (exact) mass is 298 g/mol. The van der Waals surface area contributed by atoms with Crippen molar-refractivity contribution in [3.8, 4) is 35.5 Å². The average Bonchev–Trinajstić information content (AvgIpc) is 2.54. The molecule has 0 aromatic heterocycles. The molecule has 0 aliphatic rings. The molecular formula is C18H18O4. The predicted molar refractivity (Wildman–Crippen MR) is 84.1 cm³/mol. The summed E-state index contributed by atoms with van der Waals surface area (Å²) in [4.78, 5) is 22.3. The molecule has 0 rings (SSSR count). The first-order chi connectivity index (χ1) is 10.5. The maximum Gasteiger partial charge on any atom is 0.334 e. The number of rotatable bonds is 4. The van der Waals surface area contributed by atoms with Crippen molar-refractivity contribution in [1.82, 2.24) is 0 Å². The third-order valence-electron chi connectivity index (χ3n) is 2.37. The smallest absolute Gasteiger partial charge is 0.334 e. The third kappa shape index (κ3) is 9.08. The third-order valence-corrected chi connectivity index (χ3v) is 2.37. The van der Waals surface area contributed by atoms with Gasteiger partial charge in [0.05, 0.1) is 7.11 Å². The van der Waals surface area contributed by atoms with Gasteiger partial charge in [-0.15, -0.1) is 0 Å². The van der Waals surface area contributed by atoms with Crippen LogP contribution in [0.5, 0.6) is 0 Å². The second kappa shape index (κ2) is 11.9. The van der Waals surface area contributed by atoms with Crippen molar-refractivity contribution in [3.63, 3.8) is 0 Å². The number of allylic oxidation sites excluding steroid dienone is 2. The van der Waals surface area contributed by atoms with E-state index in [0.29, 0.717) is 12.0 Å². The molecule has 0 bridgehead atoms. The quantitative estimate of drug-likeness (QED) is 0.452. The van der Waals surface area contributed by atoms with E-state index in [1.807, 2.05) is 6.92 Å². The number of methoxy groups -OCH3 is 1. The van der Waals surface area contributed by atoms with Gasteiger partial charge in [-0.05, 0) is 55.9 Å². The van der Waals surface area contributed by atoms with Crippen LogP contribution in [0, 0.1) is 35.5 Å². The maximum atomic E-state index is 11.6. The van der Waals surface area contributed by atoms with E-state index in [1.165, 1.54) is 19.3 Å². The summed E-state index contributed by atoms with van der Waals surface area (Å²) in [7, 11) is 1.28. The molecule has 114 valence electrons. The van der Waals surface area contributed by atoms with E-state index in [2.05, 4.69) is 40.3 Å². The van der Waals surface area contributed by atoms with E-state index in [0.717, 1.165) is 0 Å². The maximum absolute atomic E-state index is 11.6. The van der Waals surface area contributed by atoms with Gasteiger partial charge in [-0.1, -0.05) is 18.9 Å². The molecule has 0 aromatic carbocycles. The molecule has 0 N–H and O–H groups in total. The zero-order valence-electron chi connectivity index (χ0n) is 13.1. The largest absolute Gasteiger partial charge is 0.466 e. The van der Waals surface area contributed by atoms with Crippen molar-refractivity contribution in [1.29, 1.82) is 0 Å². The van der Waals surface area contributed by atoms with Crippen molar-refractivity contribution < 1.29 is 19.1 Å². The molecule has 0 spiro atoms. The van der Waals surface area contributed by atoms with Crippen molar-refractivity contribution in [2.24, 2.45) is 0 Å². The van der Waals surface area contributed by atoms with Gasteiger partial charge in [0.2, 0.25) is 0 Å². The number of carbonyl (C=O) groups excluding carboxylic acids is 2. The fourth-order valence-electron chi connectivity index (χ4n) is 0.989. The van der Waals surface area contributed by atoms with Gasteiger partial charge < -0.3 is 9.47 Å². The van der Waals surface area contributed by atoms with Crippen LogP contribution in [0.1, 0.15) is 27.2 Å². The number of carbonyl (C=O) groups is 2. The molecule has 0 saturated carbocycles. The first-order valence-corrected chi connectivity index (χ1v) is 6.64. The number of ether oxygens (including phenoxy) is 2. The standard InChI is InChI=1S/C18H18O4/c1-5-15(3)18(20)22-16(6-2)13-11-9-7-8-10-12-14-17(19)21-4/h5,12,14,16H,6H2,1-4H3/b14-12+,15-5-/t16-/m0/s1. The van der Waals surface area contributed by atoms with E-state index in [-0.39, 0.29) is 5.97 Å². The Bertz CT molecular complexity index is 634. The Kier molecular flexibility index (Phi) is 10.3. The van der Waals surface area contributed by atoms with Gasteiger partial charge >= 0.3 is 11.9 Å². The molecule has 0 heterocycles. The molecule has 22 heavy (non-hydrogen) atoms. The highest BCUT2D eigenvalue weighted by Gasteiger charge is 2.10. The van der Waals surface area contributed by atoms with Crippen molar-refractivity contribution in [2.75, 3.05) is 7.11 Å². The van der Waals surface area contributed by atoms with E-state index in [9.17, 15) is 9.59 Å². The summed E-state index contributed by atoms with van der Waals surface area (Å²) < 4.78 is 9.58. The van der Waals surface area contributed by atoms with Crippen LogP contribution in [0.25, 0.3) is 0 Å². The van der Waals surface area contributed by atoms with Crippen LogP contribution >= 0.6 is 0 Å². The lowest BCUT2D eigenvalue weighted by molar-refractivity contribution is -0.141. The summed E-state index contributed by atoms with van der Waals surface area (Å²) in [5, 5.41) is 0. The van der Waals surface area contributed by atoms with Crippen molar-refractivity contribution in [3.05, 3.63) is 23.8 Å². The minimum atomic E-state index is -0.496. The van der Waals surface area contributed by atoms with Crippen LogP contribution in [0.4, 0.5) is 0 Å². The zero-order valence-corrected chi connectivity index (χ0v) is 13.1. The lowest BCUT2D eigenvalue weighted by atomic mass is 10.2. The molecule has 4 nitrogen and oxygen atoms in total. The molecule has 0 amide bonds. The Labute approximate surface area is 131 Å². The molecule has 0 fully saturated rings. The van der Waals surface area contributed by atoms with Gasteiger partial charge in [0.1, 0.15) is 0 Å². The minimum absolute atomic E-state index is 0.385. The number of hydrogen-bond donors (Lipinski definition) is 0. The molecule has 0 aromatic rings. The summed E-state index contributed by atoms with van der Waals surface area (Å²) in [6.45, 7) is 5.31. The van der Waals surface area contributed by atoms with E-state index >= 15 is 0 Å². The SMILES string of the molecule is C/C=C(/C)C(=O)O[C@H](C#CC#CC#C/C=C/C(=O)OC)CC. The van der Waals surface area contributed by atoms with Crippen LogP contribution in [0.3, 0.4) is 0 Å². The lowest BCUT2D eigenvalue weighted by Gasteiger charge is -2.09. The Morgan fingerprint density at radius 2 is 1.86 bits per heavy atom. The summed E-state index contributed by atoms with van der Waals surface area (Å²) in [6, 6.07) is 0. The number of hydrogen-bond acceptors (Lipinski definition) is 4. The second-order valence-electron chi connectivity index (χ2n) is 3.92. The molecule has 0 saturated heterocycles. The first kappa shape index (κ1) is 19.1. The first-order valence-electron chi connectivity index (χ1n) is 6.64. The Hall–Kier alpha value is -2.90. The molecule has 0 aliphatic heterocycles. The van der Waals surface area contributed by atoms with Crippen LogP contribution in [-0.4, -0.2) is 25.2 Å². The normalized spacial score (nSPS) is 11.0. The van der Waals surface area contributed by atoms with Gasteiger partial charge in [0, 0.05) is 11.6 Å². The topological polar surface area (TPSA) is 52.6 Å². The zero-order chi connectivity index (χ0) is 16.8. The fraction of sp³-hybridized carbons (Fsp3) is 0.333. The van der Waals surface area contributed by atoms with Gasteiger partial charge in [0.25, 0.3) is 0 Å². The van der Waals surface area contributed by atoms with Crippen LogP contribution < -0.4 is 0 Å². The molecule has 4 heteroatoms. The Balaban J connectivity index is 4.53. The molecule has 1 atom stereocenters. The number of esters is 2. The Morgan fingerprint density at radius 1 is 1.18 bits per heavy atom. The van der Waals surface area contributed by atoms with E-state index in [4.69, 9.17) is 4.74 Å². The summed E-state index contributed by atoms with van der Waals surface area (Å²) in [5.74, 6) is 14.5. The van der Waals surface area contributed by atoms with E-state index < -0.39 is 12.1 Å². The molecule has 0 radical (unpaired) electrons. The summed E-state index contributed by atoms with van der Waals surface area (Å²) in [6.07, 6.45) is 4.29. The highest BCUT2D eigenvalue weighted by atomic mass is 16.5. The average molecular weight is 298 g/mol. The van der Waals surface area contributed by atoms with Crippen molar-refractivity contribution >= 4 is 11.9 Å². The van der Waals surface area contributed by atoms with Crippen molar-refractivity contribution in [2.45, 2.75) is 33.3 Å². The highest BCUT2D eigenvalue weighted by molar-refractivity contribution is 5.87. The Morgan fingerprint density at radius 3 is 2.45 bits per heavy atom.